The van der Waals surface area contributed by atoms with Gasteiger partial charge in [0.1, 0.15) is 0 Å². The van der Waals surface area contributed by atoms with Gasteiger partial charge in [-0.1, -0.05) is 0 Å². The van der Waals surface area contributed by atoms with Crippen LogP contribution in [-0.2, 0) is 15.1 Å². The molecule has 2 N–H and O–H groups in total. The van der Waals surface area contributed by atoms with Crippen molar-refractivity contribution in [2.75, 3.05) is 7.11 Å². The molecule has 58 valence electrons. The van der Waals surface area contributed by atoms with Gasteiger partial charge in [-0.25, -0.2) is 6.61 Å². The molecule has 0 spiro atoms. The third-order valence-electron chi connectivity index (χ3n) is 0.236. The van der Waals surface area contributed by atoms with Crippen LogP contribution >= 0.6 is 0 Å². The van der Waals surface area contributed by atoms with Crippen LogP contribution in [0.2, 0.25) is 0 Å². The summed E-state index contributed by atoms with van der Waals surface area (Å²) in [5.41, 5.74) is 0. The first-order valence-electron chi connectivity index (χ1n) is 1.92. The van der Waals surface area contributed by atoms with Gasteiger partial charge in [-0.15, -0.1) is 0 Å². The van der Waals surface area contributed by atoms with E-state index in [1.165, 1.54) is 0 Å². The normalized spacial score (nSPS) is 8.80. The second-order valence-electron chi connectivity index (χ2n) is 0.919. The van der Waals surface area contributed by atoms with Crippen LogP contribution in [0.1, 0.15) is 6.92 Å². The number of ether oxygens (including phenoxy) is 1. The Kier molecular flexibility index (Phi) is 15.8. The molecule has 0 aromatic rings. The molecular formula is C3H9LiO5S. The quantitative estimate of drug-likeness (QED) is 0.248. The van der Waals surface area contributed by atoms with Crippen LogP contribution in [-0.4, -0.2) is 24.6 Å². The van der Waals surface area contributed by atoms with Crippen LogP contribution in [0.4, 0.5) is 0 Å². The zero-order chi connectivity index (χ0) is 7.91. The molecule has 0 rings (SSSR count). The topological polar surface area (TPSA) is 83.8 Å². The number of hydrogen-bond donors (Lipinski definition) is 2. The molecular weight excluding hydrogens is 155 g/mol. The van der Waals surface area contributed by atoms with Gasteiger partial charge in [0.2, 0.25) is 0 Å². The Morgan fingerprint density at radius 1 is 1.40 bits per heavy atom. The van der Waals surface area contributed by atoms with Gasteiger partial charge in [-0.3, -0.25) is 9.11 Å². The molecule has 5 nitrogen and oxygen atoms in total. The van der Waals surface area contributed by atoms with E-state index in [0.29, 0.717) is 0 Å². The van der Waals surface area contributed by atoms with Crippen molar-refractivity contribution in [1.82, 2.24) is 0 Å². The van der Waals surface area contributed by atoms with Gasteiger partial charge in [-0.05, 0) is 7.11 Å². The summed E-state index contributed by atoms with van der Waals surface area (Å²) in [4.78, 5) is 0. The molecule has 0 saturated heterocycles. The maximum absolute atomic E-state index is 8.74. The van der Waals surface area contributed by atoms with Crippen LogP contribution in [0.25, 0.3) is 0 Å². The Labute approximate surface area is 72.5 Å². The first kappa shape index (κ1) is 16.8. The minimum absolute atomic E-state index is 0. The van der Waals surface area contributed by atoms with Crippen molar-refractivity contribution in [3.63, 3.8) is 0 Å². The van der Waals surface area contributed by atoms with Crippen LogP contribution in [0.3, 0.4) is 0 Å². The van der Waals surface area contributed by atoms with E-state index in [4.69, 9.17) is 17.5 Å². The first-order chi connectivity index (χ1) is 3.91. The molecule has 7 heteroatoms. The SMILES string of the molecule is C[CH-]OC.O=S(=O)(O)O.[Li+]. The van der Waals surface area contributed by atoms with Gasteiger partial charge >= 0.3 is 29.3 Å². The minimum Gasteiger partial charge on any atom is -0.555 e. The van der Waals surface area contributed by atoms with E-state index in [2.05, 4.69) is 4.74 Å². The van der Waals surface area contributed by atoms with E-state index in [1.807, 2.05) is 6.92 Å². The van der Waals surface area contributed by atoms with Crippen molar-refractivity contribution in [2.45, 2.75) is 6.92 Å². The molecule has 0 radical (unpaired) electrons. The number of methoxy groups -OCH3 is 1. The Bertz CT molecular complexity index is 120. The van der Waals surface area contributed by atoms with Gasteiger partial charge in [0.05, 0.1) is 0 Å². The van der Waals surface area contributed by atoms with Crippen molar-refractivity contribution in [2.24, 2.45) is 0 Å². The molecule has 0 amide bonds. The Morgan fingerprint density at radius 3 is 1.50 bits per heavy atom. The van der Waals surface area contributed by atoms with Crippen molar-refractivity contribution in [1.29, 1.82) is 0 Å². The Balaban J connectivity index is -0.0000000910. The molecule has 0 heterocycles. The summed E-state index contributed by atoms with van der Waals surface area (Å²) in [5.74, 6) is 0. The van der Waals surface area contributed by atoms with Crippen LogP contribution < -0.4 is 18.9 Å². The molecule has 0 aromatic heterocycles. The van der Waals surface area contributed by atoms with Crippen molar-refractivity contribution in [3.05, 3.63) is 6.61 Å². The second kappa shape index (κ2) is 9.43. The Morgan fingerprint density at radius 2 is 1.50 bits per heavy atom. The van der Waals surface area contributed by atoms with E-state index in [9.17, 15) is 0 Å². The summed E-state index contributed by atoms with van der Waals surface area (Å²) >= 11 is 0. The monoisotopic (exact) mass is 164 g/mol. The van der Waals surface area contributed by atoms with Crippen molar-refractivity contribution in [3.8, 4) is 0 Å². The average Bonchev–Trinajstić information content (AvgIpc) is 1.61. The molecule has 0 aliphatic heterocycles. The molecule has 0 fully saturated rings. The maximum Gasteiger partial charge on any atom is 1.00 e. The fourth-order valence-corrected chi connectivity index (χ4v) is 0. The second-order valence-corrected chi connectivity index (χ2v) is 1.81. The van der Waals surface area contributed by atoms with Crippen molar-refractivity contribution >= 4 is 10.4 Å². The number of hydrogen-bond acceptors (Lipinski definition) is 3. The minimum atomic E-state index is -4.67. The van der Waals surface area contributed by atoms with E-state index in [-0.39, 0.29) is 18.9 Å². The predicted molar refractivity (Wildman–Crippen MR) is 31.2 cm³/mol. The third kappa shape index (κ3) is 228. The van der Waals surface area contributed by atoms with Gasteiger partial charge in [-0.2, -0.15) is 15.3 Å². The van der Waals surface area contributed by atoms with Crippen LogP contribution in [0, 0.1) is 6.61 Å². The molecule has 10 heavy (non-hydrogen) atoms. The van der Waals surface area contributed by atoms with Gasteiger partial charge in [0.15, 0.2) is 0 Å². The molecule has 0 bridgehead atoms. The molecule has 0 aromatic carbocycles. The molecule has 0 saturated carbocycles. The van der Waals surface area contributed by atoms with Gasteiger partial charge in [0.25, 0.3) is 0 Å². The fraction of sp³-hybridized carbons (Fsp3) is 0.667. The summed E-state index contributed by atoms with van der Waals surface area (Å²) < 4.78 is 36.0. The largest absolute Gasteiger partial charge is 1.00 e. The summed E-state index contributed by atoms with van der Waals surface area (Å²) in [6.07, 6.45) is 0. The van der Waals surface area contributed by atoms with Crippen LogP contribution in [0.15, 0.2) is 0 Å². The van der Waals surface area contributed by atoms with E-state index in [1.54, 1.807) is 13.7 Å². The molecule has 0 unspecified atom stereocenters. The Hall–Kier alpha value is 0.427. The summed E-state index contributed by atoms with van der Waals surface area (Å²) in [7, 11) is -3.04. The first-order valence-corrected chi connectivity index (χ1v) is 3.32. The van der Waals surface area contributed by atoms with Gasteiger partial charge < -0.3 is 4.74 Å². The van der Waals surface area contributed by atoms with E-state index >= 15 is 0 Å². The van der Waals surface area contributed by atoms with E-state index < -0.39 is 10.4 Å². The average molecular weight is 164 g/mol. The number of rotatable bonds is 1. The predicted octanol–water partition coefficient (Wildman–Crippen LogP) is -2.83. The zero-order valence-electron chi connectivity index (χ0n) is 6.10. The molecule has 0 aliphatic carbocycles. The molecule has 0 aliphatic rings. The summed E-state index contributed by atoms with van der Waals surface area (Å²) in [6, 6.07) is 0. The third-order valence-corrected chi connectivity index (χ3v) is 0.236. The molecule has 0 atom stereocenters. The summed E-state index contributed by atoms with van der Waals surface area (Å²) in [6.45, 7) is 3.46. The van der Waals surface area contributed by atoms with Crippen molar-refractivity contribution < 1.29 is 41.1 Å². The smallest absolute Gasteiger partial charge is 0.555 e. The zero-order valence-corrected chi connectivity index (χ0v) is 6.92. The summed E-state index contributed by atoms with van der Waals surface area (Å²) in [5, 5.41) is 0. The van der Waals surface area contributed by atoms with Crippen LogP contribution in [0.5, 0.6) is 0 Å². The maximum atomic E-state index is 8.74. The fourth-order valence-electron chi connectivity index (χ4n) is 0. The van der Waals surface area contributed by atoms with E-state index in [0.717, 1.165) is 0 Å². The van der Waals surface area contributed by atoms with Gasteiger partial charge in [0, 0.05) is 0 Å². The standard InChI is InChI=1S/C3H7O.Li.H2O4S/c1-3-4-2;;1-5(2,3)4/h3H,1-2H3;;(H2,1,2,3,4)/q-1;+1;.